The van der Waals surface area contributed by atoms with E-state index in [4.69, 9.17) is 26.9 Å². The Morgan fingerprint density at radius 2 is 1.57 bits per heavy atom. The average Bonchev–Trinajstić information content (AvgIpc) is 3.09. The van der Waals surface area contributed by atoms with Crippen molar-refractivity contribution in [1.29, 1.82) is 0 Å². The molecule has 18 heteroatoms. The molecule has 0 aromatic heterocycles. The third-order valence-corrected chi connectivity index (χ3v) is 7.42. The number of aliphatic hydroxyl groups excluding tert-OH is 1. The van der Waals surface area contributed by atoms with Gasteiger partial charge in [-0.05, 0) is 77.3 Å². The summed E-state index contributed by atoms with van der Waals surface area (Å²) < 4.78 is 0. The van der Waals surface area contributed by atoms with E-state index in [1.165, 1.54) is 12.0 Å². The van der Waals surface area contributed by atoms with Crippen LogP contribution in [0.1, 0.15) is 59.3 Å². The number of benzene rings is 1. The van der Waals surface area contributed by atoms with Crippen LogP contribution >= 0.6 is 0 Å². The number of rotatable bonds is 28. The molecule has 0 aliphatic rings. The van der Waals surface area contributed by atoms with Crippen molar-refractivity contribution < 1.29 is 38.8 Å². The van der Waals surface area contributed by atoms with Crippen molar-refractivity contribution in [3.8, 4) is 0 Å². The van der Waals surface area contributed by atoms with E-state index in [2.05, 4.69) is 32.1 Å². The quantitative estimate of drug-likeness (QED) is 0.0191. The lowest BCUT2D eigenvalue weighted by molar-refractivity contribution is -0.140. The first kappa shape index (κ1) is 45.3. The molecular formula is C33H60N10O8. The van der Waals surface area contributed by atoms with Crippen LogP contribution in [0.25, 0.3) is 0 Å². The van der Waals surface area contributed by atoms with Gasteiger partial charge in [-0.2, -0.15) is 5.48 Å². The van der Waals surface area contributed by atoms with E-state index >= 15 is 0 Å². The van der Waals surface area contributed by atoms with Crippen molar-refractivity contribution in [3.63, 3.8) is 0 Å². The van der Waals surface area contributed by atoms with Gasteiger partial charge in [-0.3, -0.25) is 24.0 Å². The first-order valence-electron chi connectivity index (χ1n) is 17.4. The molecule has 0 fully saturated rings. The molecule has 4 amide bonds. The van der Waals surface area contributed by atoms with E-state index in [0.717, 1.165) is 0 Å². The molecule has 1 aromatic carbocycles. The number of nitrogens with zero attached hydrogens (tertiary/aromatic N) is 1. The Bertz CT molecular complexity index is 1160. The number of amides is 4. The number of para-hydroxylation sites is 1. The molecule has 51 heavy (non-hydrogen) atoms. The van der Waals surface area contributed by atoms with Crippen molar-refractivity contribution in [3.05, 3.63) is 30.3 Å². The van der Waals surface area contributed by atoms with Crippen LogP contribution in [0.4, 0.5) is 5.69 Å². The molecule has 0 aliphatic carbocycles. The summed E-state index contributed by atoms with van der Waals surface area (Å²) in [5.74, 6) is -1.89. The highest BCUT2D eigenvalue weighted by atomic mass is 16.8. The zero-order valence-corrected chi connectivity index (χ0v) is 30.3. The van der Waals surface area contributed by atoms with Gasteiger partial charge in [0.1, 0.15) is 18.4 Å². The molecule has 18 nitrogen and oxygen atoms in total. The maximum Gasteiger partial charge on any atom is 0.243 e. The smallest absolute Gasteiger partial charge is 0.243 e. The minimum absolute atomic E-state index is 0.0212. The lowest BCUT2D eigenvalue weighted by atomic mass is 10.1. The summed E-state index contributed by atoms with van der Waals surface area (Å²) >= 11 is 0. The average molecular weight is 725 g/mol. The second-order valence-electron chi connectivity index (χ2n) is 12.4. The molecule has 0 spiro atoms. The van der Waals surface area contributed by atoms with Crippen molar-refractivity contribution in [2.45, 2.75) is 96.0 Å². The van der Waals surface area contributed by atoms with E-state index in [1.54, 1.807) is 31.3 Å². The molecule has 0 heterocycles. The highest BCUT2D eigenvalue weighted by Crippen LogP contribution is 2.22. The number of nitrogens with one attached hydrogen (secondary N) is 6. The Labute approximate surface area is 300 Å². The lowest BCUT2D eigenvalue weighted by Gasteiger charge is -2.35. The molecule has 0 saturated carbocycles. The molecule has 6 unspecified atom stereocenters. The highest BCUT2D eigenvalue weighted by molar-refractivity contribution is 5.90. The number of aldehydes is 1. The molecule has 0 radical (unpaired) electrons. The van der Waals surface area contributed by atoms with Gasteiger partial charge in [0.25, 0.3) is 0 Å². The van der Waals surface area contributed by atoms with E-state index in [9.17, 15) is 29.1 Å². The summed E-state index contributed by atoms with van der Waals surface area (Å²) in [6, 6.07) is 6.60. The molecule has 6 atom stereocenters. The standard InChI is InChI=1S/C33H60N10O8/c1-22(2)19-29(51-43(25-9-6-5-7-10-25)30(14-17-36)50-42-24(21-44)12-15-34)41-28(47)20-39-32(48)26(13-16-35)40-27(46)11-8-18-38-33(49)31(37-4)23(3)45/h5-7,9-10,21-24,26,29-31,37,42,45H,8,11-20,34-36H2,1-4H3,(H,38,49)(H,39,48)(H,40,46)(H,41,47). The number of hydrogen-bond donors (Lipinski definition) is 10. The molecule has 0 aliphatic heterocycles. The van der Waals surface area contributed by atoms with Crippen LogP contribution in [0.3, 0.4) is 0 Å². The van der Waals surface area contributed by atoms with Crippen molar-refractivity contribution >= 4 is 35.6 Å². The predicted molar refractivity (Wildman–Crippen MR) is 192 cm³/mol. The minimum Gasteiger partial charge on any atom is -0.391 e. The van der Waals surface area contributed by atoms with Gasteiger partial charge < -0.3 is 53.7 Å². The Balaban J connectivity index is 2.89. The van der Waals surface area contributed by atoms with Crippen molar-refractivity contribution in [1.82, 2.24) is 32.1 Å². The van der Waals surface area contributed by atoms with Gasteiger partial charge in [0, 0.05) is 19.4 Å². The monoisotopic (exact) mass is 724 g/mol. The molecular weight excluding hydrogens is 664 g/mol. The summed E-state index contributed by atoms with van der Waals surface area (Å²) in [7, 11) is 1.56. The van der Waals surface area contributed by atoms with E-state index in [-0.39, 0.29) is 51.4 Å². The van der Waals surface area contributed by atoms with Crippen molar-refractivity contribution in [2.24, 2.45) is 23.1 Å². The fourth-order valence-corrected chi connectivity index (χ4v) is 4.82. The second kappa shape index (κ2) is 26.1. The normalized spacial score (nSPS) is 14.8. The van der Waals surface area contributed by atoms with Gasteiger partial charge in [-0.15, -0.1) is 0 Å². The third kappa shape index (κ3) is 18.4. The van der Waals surface area contributed by atoms with Crippen LogP contribution in [0.2, 0.25) is 0 Å². The SMILES string of the molecule is CNC(C(=O)NCCCC(=O)NC(CCN)C(=O)NCC(=O)NC(CC(C)C)ON(c1ccccc1)C(CCN)ONC(C=O)CCN)C(C)O. The number of carbonyl (C=O) groups is 5. The summed E-state index contributed by atoms with van der Waals surface area (Å²) in [5, 5.41) is 24.5. The Kier molecular flexibility index (Phi) is 23.2. The molecule has 290 valence electrons. The van der Waals surface area contributed by atoms with Gasteiger partial charge in [-0.1, -0.05) is 32.0 Å². The van der Waals surface area contributed by atoms with Gasteiger partial charge in [-0.25, -0.2) is 9.90 Å². The van der Waals surface area contributed by atoms with Gasteiger partial charge in [0.2, 0.25) is 23.6 Å². The summed E-state index contributed by atoms with van der Waals surface area (Å²) in [4.78, 5) is 74.5. The summed E-state index contributed by atoms with van der Waals surface area (Å²) in [6.07, 6.45) is -0.404. The number of anilines is 1. The molecule has 0 bridgehead atoms. The fraction of sp³-hybridized carbons (Fsp3) is 0.667. The Morgan fingerprint density at radius 3 is 2.14 bits per heavy atom. The zero-order chi connectivity index (χ0) is 38.2. The summed E-state index contributed by atoms with van der Waals surface area (Å²) in [5.41, 5.74) is 20.5. The lowest BCUT2D eigenvalue weighted by Crippen LogP contribution is -2.53. The minimum atomic E-state index is -0.985. The van der Waals surface area contributed by atoms with E-state index in [1.807, 2.05) is 19.9 Å². The largest absolute Gasteiger partial charge is 0.391 e. The number of nitrogens with two attached hydrogens (primary N) is 3. The number of hydrogen-bond acceptors (Lipinski definition) is 14. The summed E-state index contributed by atoms with van der Waals surface area (Å²) in [6.45, 7) is 5.77. The number of likely N-dealkylation sites (N-methyl/N-ethyl adjacent to an activating group) is 1. The number of hydroxylamine groups is 2. The van der Waals surface area contributed by atoms with Crippen LogP contribution in [-0.2, 0) is 33.6 Å². The van der Waals surface area contributed by atoms with Crippen LogP contribution < -0.4 is 54.3 Å². The van der Waals surface area contributed by atoms with Crippen LogP contribution in [0, 0.1) is 5.92 Å². The molecule has 1 rings (SSSR count). The first-order valence-corrected chi connectivity index (χ1v) is 17.4. The van der Waals surface area contributed by atoms with Crippen LogP contribution in [0.5, 0.6) is 0 Å². The van der Waals surface area contributed by atoms with E-state index in [0.29, 0.717) is 31.2 Å². The number of aliphatic hydroxyl groups is 1. The maximum atomic E-state index is 13.1. The third-order valence-electron chi connectivity index (χ3n) is 7.42. The van der Waals surface area contributed by atoms with Crippen LogP contribution in [0.15, 0.2) is 30.3 Å². The van der Waals surface area contributed by atoms with Crippen LogP contribution in [-0.4, -0.2) is 111 Å². The second-order valence-corrected chi connectivity index (χ2v) is 12.4. The Morgan fingerprint density at radius 1 is 0.902 bits per heavy atom. The highest BCUT2D eigenvalue weighted by Gasteiger charge is 2.28. The molecule has 1 aromatic rings. The van der Waals surface area contributed by atoms with E-state index < -0.39 is 66.9 Å². The maximum absolute atomic E-state index is 13.1. The molecule has 13 N–H and O–H groups in total. The van der Waals surface area contributed by atoms with Gasteiger partial charge in [0.15, 0.2) is 12.5 Å². The van der Waals surface area contributed by atoms with Gasteiger partial charge in [0.05, 0.1) is 24.4 Å². The number of carbonyl (C=O) groups excluding carboxylic acids is 5. The topological polar surface area (TPSA) is 278 Å². The predicted octanol–water partition coefficient (Wildman–Crippen LogP) is -2.16. The molecule has 0 saturated heterocycles. The Hall–Kier alpha value is -3.75. The van der Waals surface area contributed by atoms with Gasteiger partial charge >= 0.3 is 0 Å². The van der Waals surface area contributed by atoms with Crippen molar-refractivity contribution in [2.75, 3.05) is 44.8 Å². The first-order chi connectivity index (χ1) is 24.4. The zero-order valence-electron chi connectivity index (χ0n) is 30.3. The fourth-order valence-electron chi connectivity index (χ4n) is 4.82.